The van der Waals surface area contributed by atoms with Crippen LogP contribution in [-0.4, -0.2) is 8.07 Å². The van der Waals surface area contributed by atoms with E-state index in [2.05, 4.69) is 43.4 Å². The first-order valence-electron chi connectivity index (χ1n) is 7.71. The van der Waals surface area contributed by atoms with Crippen molar-refractivity contribution in [2.45, 2.75) is 51.2 Å². The van der Waals surface area contributed by atoms with Gasteiger partial charge >= 0.3 is 0 Å². The molecule has 98 valence electrons. The second-order valence-corrected chi connectivity index (χ2v) is 12.1. The number of hydrogen-bond donors (Lipinski definition) is 0. The molecule has 0 radical (unpaired) electrons. The summed E-state index contributed by atoms with van der Waals surface area (Å²) in [7, 11) is -1.17. The van der Waals surface area contributed by atoms with E-state index in [0.29, 0.717) is 0 Å². The highest BCUT2D eigenvalue weighted by molar-refractivity contribution is 6.89. The quantitative estimate of drug-likeness (QED) is 0.701. The summed E-state index contributed by atoms with van der Waals surface area (Å²) in [5.41, 5.74) is 0. The SMILES string of the molecule is C[Si](C)(CCC1CCC2CC2C1)c1ccccc1. The Kier molecular flexibility index (Phi) is 3.36. The predicted octanol–water partition coefficient (Wildman–Crippen LogP) is 4.43. The van der Waals surface area contributed by atoms with E-state index in [1.165, 1.54) is 18.9 Å². The summed E-state index contributed by atoms with van der Waals surface area (Å²) >= 11 is 0. The minimum absolute atomic E-state index is 1.06. The van der Waals surface area contributed by atoms with Crippen LogP contribution in [0.3, 0.4) is 0 Å². The number of fused-ring (bicyclic) bond motifs is 1. The molecule has 0 amide bonds. The molecule has 0 aromatic heterocycles. The van der Waals surface area contributed by atoms with Gasteiger partial charge in [-0.1, -0.05) is 67.5 Å². The number of benzene rings is 1. The molecule has 2 fully saturated rings. The van der Waals surface area contributed by atoms with Gasteiger partial charge in [-0.05, 0) is 37.0 Å². The zero-order chi connectivity index (χ0) is 12.6. The molecule has 0 aliphatic heterocycles. The van der Waals surface area contributed by atoms with Gasteiger partial charge in [0.15, 0.2) is 0 Å². The normalized spacial score (nSPS) is 30.9. The minimum Gasteiger partial charge on any atom is -0.0654 e. The van der Waals surface area contributed by atoms with Crippen LogP contribution in [0.2, 0.25) is 19.1 Å². The first-order chi connectivity index (χ1) is 8.65. The molecule has 3 atom stereocenters. The van der Waals surface area contributed by atoms with Crippen molar-refractivity contribution in [1.82, 2.24) is 0 Å². The van der Waals surface area contributed by atoms with E-state index in [1.807, 2.05) is 0 Å². The van der Waals surface area contributed by atoms with Gasteiger partial charge in [0, 0.05) is 0 Å². The van der Waals surface area contributed by atoms with Gasteiger partial charge in [-0.15, -0.1) is 0 Å². The fraction of sp³-hybridized carbons (Fsp3) is 0.647. The maximum Gasteiger partial charge on any atom is 0.0806 e. The van der Waals surface area contributed by atoms with E-state index in [-0.39, 0.29) is 0 Å². The van der Waals surface area contributed by atoms with Gasteiger partial charge in [0.25, 0.3) is 0 Å². The Morgan fingerprint density at radius 2 is 1.78 bits per heavy atom. The van der Waals surface area contributed by atoms with Gasteiger partial charge in [-0.2, -0.15) is 0 Å². The molecular weight excluding hydrogens is 232 g/mol. The molecule has 18 heavy (non-hydrogen) atoms. The van der Waals surface area contributed by atoms with Crippen molar-refractivity contribution in [2.24, 2.45) is 17.8 Å². The third kappa shape index (κ3) is 2.71. The van der Waals surface area contributed by atoms with Crippen molar-refractivity contribution in [1.29, 1.82) is 0 Å². The van der Waals surface area contributed by atoms with Crippen molar-refractivity contribution in [2.75, 3.05) is 0 Å². The lowest BCUT2D eigenvalue weighted by molar-refractivity contribution is 0.334. The largest absolute Gasteiger partial charge is 0.0806 e. The first kappa shape index (κ1) is 12.5. The maximum absolute atomic E-state index is 2.55. The Bertz CT molecular complexity index is 395. The minimum atomic E-state index is -1.17. The van der Waals surface area contributed by atoms with Crippen molar-refractivity contribution < 1.29 is 0 Å². The van der Waals surface area contributed by atoms with Crippen molar-refractivity contribution in [3.8, 4) is 0 Å². The molecule has 1 aromatic carbocycles. The molecule has 0 N–H and O–H groups in total. The summed E-state index contributed by atoms with van der Waals surface area (Å²) in [6, 6.07) is 12.7. The molecule has 2 saturated carbocycles. The topological polar surface area (TPSA) is 0 Å². The zero-order valence-corrected chi connectivity index (χ0v) is 12.9. The van der Waals surface area contributed by atoms with Crippen LogP contribution in [0.15, 0.2) is 30.3 Å². The molecule has 3 unspecified atom stereocenters. The molecule has 1 aromatic rings. The van der Waals surface area contributed by atoms with Crippen LogP contribution in [0.4, 0.5) is 0 Å². The smallest absolute Gasteiger partial charge is 0.0654 e. The number of hydrogen-bond acceptors (Lipinski definition) is 0. The molecule has 0 nitrogen and oxygen atoms in total. The third-order valence-electron chi connectivity index (χ3n) is 5.38. The van der Waals surface area contributed by atoms with E-state index < -0.39 is 8.07 Å². The highest BCUT2D eigenvalue weighted by Crippen LogP contribution is 2.52. The summed E-state index contributed by atoms with van der Waals surface area (Å²) in [4.78, 5) is 0. The van der Waals surface area contributed by atoms with Crippen LogP contribution in [0.1, 0.15) is 32.1 Å². The monoisotopic (exact) mass is 258 g/mol. The van der Waals surface area contributed by atoms with Gasteiger partial charge in [-0.3, -0.25) is 0 Å². The van der Waals surface area contributed by atoms with Crippen molar-refractivity contribution in [3.05, 3.63) is 30.3 Å². The molecule has 2 aliphatic carbocycles. The maximum atomic E-state index is 2.55. The number of rotatable bonds is 4. The summed E-state index contributed by atoms with van der Waals surface area (Å²) in [5, 5.41) is 1.64. The summed E-state index contributed by atoms with van der Waals surface area (Å²) in [6.45, 7) is 5.09. The molecule has 3 rings (SSSR count). The lowest BCUT2D eigenvalue weighted by Crippen LogP contribution is -2.41. The van der Waals surface area contributed by atoms with Crippen molar-refractivity contribution in [3.63, 3.8) is 0 Å². The average molecular weight is 258 g/mol. The van der Waals surface area contributed by atoms with Crippen LogP contribution in [0.5, 0.6) is 0 Å². The van der Waals surface area contributed by atoms with E-state index in [0.717, 1.165) is 17.8 Å². The highest BCUT2D eigenvalue weighted by Gasteiger charge is 2.42. The van der Waals surface area contributed by atoms with Gasteiger partial charge in [0.1, 0.15) is 0 Å². The lowest BCUT2D eigenvalue weighted by atomic mass is 9.87. The van der Waals surface area contributed by atoms with Crippen LogP contribution in [0.25, 0.3) is 0 Å². The molecule has 0 bridgehead atoms. The van der Waals surface area contributed by atoms with Crippen LogP contribution in [-0.2, 0) is 0 Å². The fourth-order valence-corrected chi connectivity index (χ4v) is 6.32. The second-order valence-electron chi connectivity index (χ2n) is 7.22. The van der Waals surface area contributed by atoms with Gasteiger partial charge in [0.05, 0.1) is 8.07 Å². The Labute approximate surface area is 113 Å². The standard InChI is InChI=1S/C17H26Si/c1-18(2,17-6-4-3-5-7-17)11-10-14-8-9-15-13-16(15)12-14/h3-7,14-16H,8-13H2,1-2H3. The lowest BCUT2D eigenvalue weighted by Gasteiger charge is -2.27. The highest BCUT2D eigenvalue weighted by atomic mass is 28.3. The fourth-order valence-electron chi connectivity index (χ4n) is 3.81. The Morgan fingerprint density at radius 1 is 1.00 bits per heavy atom. The van der Waals surface area contributed by atoms with Crippen molar-refractivity contribution >= 4 is 13.3 Å². The van der Waals surface area contributed by atoms with Gasteiger partial charge in [-0.25, -0.2) is 0 Å². The third-order valence-corrected chi connectivity index (χ3v) is 8.82. The predicted molar refractivity (Wildman–Crippen MR) is 81.9 cm³/mol. The average Bonchev–Trinajstić information content (AvgIpc) is 3.16. The van der Waals surface area contributed by atoms with Crippen LogP contribution in [0, 0.1) is 17.8 Å². The van der Waals surface area contributed by atoms with E-state index in [1.54, 1.807) is 24.4 Å². The molecule has 1 heteroatoms. The summed E-state index contributed by atoms with van der Waals surface area (Å²) < 4.78 is 0. The Hall–Kier alpha value is -0.563. The van der Waals surface area contributed by atoms with E-state index in [4.69, 9.17) is 0 Å². The molecular formula is C17H26Si. The molecule has 0 saturated heterocycles. The first-order valence-corrected chi connectivity index (χ1v) is 10.9. The van der Waals surface area contributed by atoms with E-state index in [9.17, 15) is 0 Å². The summed E-state index contributed by atoms with van der Waals surface area (Å²) in [5.74, 6) is 3.36. The Balaban J connectivity index is 1.55. The van der Waals surface area contributed by atoms with Crippen LogP contribution >= 0.6 is 0 Å². The van der Waals surface area contributed by atoms with E-state index >= 15 is 0 Å². The molecule has 0 spiro atoms. The van der Waals surface area contributed by atoms with Gasteiger partial charge < -0.3 is 0 Å². The molecule has 0 heterocycles. The Morgan fingerprint density at radius 3 is 2.50 bits per heavy atom. The zero-order valence-electron chi connectivity index (χ0n) is 11.9. The van der Waals surface area contributed by atoms with Gasteiger partial charge in [0.2, 0.25) is 0 Å². The summed E-state index contributed by atoms with van der Waals surface area (Å²) in [6.07, 6.45) is 7.69. The van der Waals surface area contributed by atoms with Crippen LogP contribution < -0.4 is 5.19 Å². The second kappa shape index (κ2) is 4.84. The molecule has 2 aliphatic rings.